The lowest BCUT2D eigenvalue weighted by molar-refractivity contribution is -0.117. The Morgan fingerprint density at radius 2 is 2.00 bits per heavy atom. The lowest BCUT2D eigenvalue weighted by Gasteiger charge is -2.11. The molecule has 0 aliphatic carbocycles. The van der Waals surface area contributed by atoms with E-state index in [0.29, 0.717) is 11.6 Å². The fraction of sp³-hybridized carbons (Fsp3) is 0.444. The van der Waals surface area contributed by atoms with Gasteiger partial charge in [-0.2, -0.15) is 0 Å². The first kappa shape index (κ1) is 11.4. The van der Waals surface area contributed by atoms with Crippen molar-refractivity contribution in [3.63, 3.8) is 0 Å². The molecule has 0 aliphatic heterocycles. The summed E-state index contributed by atoms with van der Waals surface area (Å²) in [6.45, 7) is 1.62. The van der Waals surface area contributed by atoms with Crippen molar-refractivity contribution in [3.8, 4) is 0 Å². The molecule has 3 N–H and O–H groups in total. The second kappa shape index (κ2) is 4.70. The summed E-state index contributed by atoms with van der Waals surface area (Å²) in [4.78, 5) is 21.1. The second-order valence-corrected chi connectivity index (χ2v) is 3.44. The maximum absolute atomic E-state index is 11.2. The molecule has 0 saturated carbocycles. The van der Waals surface area contributed by atoms with Crippen LogP contribution in [0.25, 0.3) is 0 Å². The number of nitrogens with two attached hydrogens (primary N) is 1. The Kier molecular flexibility index (Phi) is 3.56. The Bertz CT molecular complexity index is 333. The van der Waals surface area contributed by atoms with Crippen LogP contribution in [0.2, 0.25) is 0 Å². The van der Waals surface area contributed by atoms with E-state index in [1.54, 1.807) is 24.2 Å². The zero-order valence-electron chi connectivity index (χ0n) is 9.06. The van der Waals surface area contributed by atoms with Gasteiger partial charge in [0.15, 0.2) is 0 Å². The van der Waals surface area contributed by atoms with E-state index >= 15 is 0 Å². The summed E-state index contributed by atoms with van der Waals surface area (Å²) in [6.07, 6.45) is 3.09. The van der Waals surface area contributed by atoms with Crippen molar-refractivity contribution < 1.29 is 4.79 Å². The molecule has 1 atom stereocenters. The highest BCUT2D eigenvalue weighted by Gasteiger charge is 2.08. The summed E-state index contributed by atoms with van der Waals surface area (Å²) in [5.41, 5.74) is 5.95. The highest BCUT2D eigenvalue weighted by Crippen LogP contribution is 2.07. The molecule has 1 rings (SSSR count). The quantitative estimate of drug-likeness (QED) is 0.722. The Balaban J connectivity index is 2.69. The molecular formula is C9H15N5O. The Labute approximate surface area is 88.5 Å². The van der Waals surface area contributed by atoms with Crippen LogP contribution in [0.5, 0.6) is 0 Å². The molecule has 6 nitrogen and oxygen atoms in total. The fourth-order valence-corrected chi connectivity index (χ4v) is 0.873. The van der Waals surface area contributed by atoms with Crippen molar-refractivity contribution in [1.29, 1.82) is 0 Å². The molecule has 0 bridgehead atoms. The van der Waals surface area contributed by atoms with E-state index in [2.05, 4.69) is 15.3 Å². The molecule has 0 aliphatic rings. The second-order valence-electron chi connectivity index (χ2n) is 3.44. The smallest absolute Gasteiger partial charge is 0.241 e. The molecule has 0 saturated heterocycles. The molecule has 0 radical (unpaired) electrons. The van der Waals surface area contributed by atoms with Crippen LogP contribution in [0, 0.1) is 0 Å². The molecule has 0 aromatic carbocycles. The van der Waals surface area contributed by atoms with Crippen LogP contribution in [-0.4, -0.2) is 36.0 Å². The maximum atomic E-state index is 11.2. The Morgan fingerprint density at radius 1 is 1.47 bits per heavy atom. The lowest BCUT2D eigenvalue weighted by Crippen LogP contribution is -2.32. The summed E-state index contributed by atoms with van der Waals surface area (Å²) >= 11 is 0. The van der Waals surface area contributed by atoms with Crippen molar-refractivity contribution in [2.24, 2.45) is 5.73 Å². The van der Waals surface area contributed by atoms with Crippen LogP contribution < -0.4 is 16.0 Å². The first-order valence-corrected chi connectivity index (χ1v) is 4.56. The van der Waals surface area contributed by atoms with Crippen molar-refractivity contribution in [1.82, 2.24) is 9.97 Å². The van der Waals surface area contributed by atoms with Gasteiger partial charge in [0, 0.05) is 14.1 Å². The summed E-state index contributed by atoms with van der Waals surface area (Å²) < 4.78 is 0. The standard InChI is InChI=1S/C9H15N5O/c1-6(10)8(15)13-7-4-11-9(12-5-7)14(2)3/h4-6H,10H2,1-3H3,(H,13,15). The van der Waals surface area contributed by atoms with E-state index in [1.165, 1.54) is 0 Å². The van der Waals surface area contributed by atoms with Crippen molar-refractivity contribution in [2.75, 3.05) is 24.3 Å². The highest BCUT2D eigenvalue weighted by molar-refractivity contribution is 5.94. The molecule has 1 aromatic rings. The van der Waals surface area contributed by atoms with Gasteiger partial charge in [-0.3, -0.25) is 4.79 Å². The van der Waals surface area contributed by atoms with Gasteiger partial charge in [0.05, 0.1) is 24.1 Å². The molecule has 1 amide bonds. The number of nitrogens with zero attached hydrogens (tertiary/aromatic N) is 3. The molecule has 1 heterocycles. The molecule has 0 spiro atoms. The van der Waals surface area contributed by atoms with Gasteiger partial charge in [0.1, 0.15) is 0 Å². The van der Waals surface area contributed by atoms with E-state index in [9.17, 15) is 4.79 Å². The summed E-state index contributed by atoms with van der Waals surface area (Å²) in [7, 11) is 3.69. The largest absolute Gasteiger partial charge is 0.347 e. The monoisotopic (exact) mass is 209 g/mol. The van der Waals surface area contributed by atoms with Gasteiger partial charge in [-0.1, -0.05) is 0 Å². The average Bonchev–Trinajstić information content (AvgIpc) is 2.18. The van der Waals surface area contributed by atoms with Crippen molar-refractivity contribution >= 4 is 17.5 Å². The number of carbonyl (C=O) groups is 1. The van der Waals surface area contributed by atoms with Crippen LogP contribution >= 0.6 is 0 Å². The molecule has 82 valence electrons. The van der Waals surface area contributed by atoms with E-state index in [4.69, 9.17) is 5.73 Å². The minimum absolute atomic E-state index is 0.254. The first-order chi connectivity index (χ1) is 7.00. The van der Waals surface area contributed by atoms with E-state index < -0.39 is 6.04 Å². The third-order valence-electron chi connectivity index (χ3n) is 1.72. The van der Waals surface area contributed by atoms with Crippen LogP contribution in [0.1, 0.15) is 6.92 Å². The van der Waals surface area contributed by atoms with Gasteiger partial charge in [0.2, 0.25) is 11.9 Å². The van der Waals surface area contributed by atoms with Gasteiger partial charge in [-0.05, 0) is 6.92 Å². The molecule has 15 heavy (non-hydrogen) atoms. The van der Waals surface area contributed by atoms with E-state index in [1.807, 2.05) is 14.1 Å². The number of hydrogen-bond acceptors (Lipinski definition) is 5. The summed E-state index contributed by atoms with van der Waals surface area (Å²) in [6, 6.07) is -0.543. The zero-order chi connectivity index (χ0) is 11.4. The summed E-state index contributed by atoms with van der Waals surface area (Å²) in [5.74, 6) is 0.338. The molecule has 1 unspecified atom stereocenters. The first-order valence-electron chi connectivity index (χ1n) is 4.56. The zero-order valence-corrected chi connectivity index (χ0v) is 9.06. The molecule has 6 heteroatoms. The van der Waals surface area contributed by atoms with Crippen molar-refractivity contribution in [3.05, 3.63) is 12.4 Å². The third-order valence-corrected chi connectivity index (χ3v) is 1.72. The number of hydrogen-bond donors (Lipinski definition) is 2. The predicted octanol–water partition coefficient (Wildman–Crippen LogP) is -0.172. The average molecular weight is 209 g/mol. The Morgan fingerprint density at radius 3 is 2.40 bits per heavy atom. The number of anilines is 2. The van der Waals surface area contributed by atoms with Crippen LogP contribution in [0.15, 0.2) is 12.4 Å². The molecule has 1 aromatic heterocycles. The maximum Gasteiger partial charge on any atom is 0.241 e. The minimum Gasteiger partial charge on any atom is -0.347 e. The number of amides is 1. The number of nitrogens with one attached hydrogen (secondary N) is 1. The van der Waals surface area contributed by atoms with Gasteiger partial charge in [-0.25, -0.2) is 9.97 Å². The van der Waals surface area contributed by atoms with Gasteiger partial charge in [-0.15, -0.1) is 0 Å². The van der Waals surface area contributed by atoms with E-state index in [-0.39, 0.29) is 5.91 Å². The number of carbonyl (C=O) groups excluding carboxylic acids is 1. The number of rotatable bonds is 3. The fourth-order valence-electron chi connectivity index (χ4n) is 0.873. The number of aromatic nitrogens is 2. The SMILES string of the molecule is CC(N)C(=O)Nc1cnc(N(C)C)nc1. The Hall–Kier alpha value is -1.69. The highest BCUT2D eigenvalue weighted by atomic mass is 16.2. The van der Waals surface area contributed by atoms with Gasteiger partial charge >= 0.3 is 0 Å². The van der Waals surface area contributed by atoms with Crippen LogP contribution in [-0.2, 0) is 4.79 Å². The van der Waals surface area contributed by atoms with Crippen molar-refractivity contribution in [2.45, 2.75) is 13.0 Å². The van der Waals surface area contributed by atoms with Crippen LogP contribution in [0.3, 0.4) is 0 Å². The lowest BCUT2D eigenvalue weighted by atomic mass is 10.3. The minimum atomic E-state index is -0.543. The van der Waals surface area contributed by atoms with Gasteiger partial charge < -0.3 is 16.0 Å². The normalized spacial score (nSPS) is 12.0. The van der Waals surface area contributed by atoms with Crippen LogP contribution in [0.4, 0.5) is 11.6 Å². The molecular weight excluding hydrogens is 194 g/mol. The third kappa shape index (κ3) is 3.17. The van der Waals surface area contributed by atoms with Gasteiger partial charge in [0.25, 0.3) is 0 Å². The topological polar surface area (TPSA) is 84.1 Å². The molecule has 0 fully saturated rings. The summed E-state index contributed by atoms with van der Waals surface area (Å²) in [5, 5.41) is 2.60. The van der Waals surface area contributed by atoms with E-state index in [0.717, 1.165) is 0 Å². The predicted molar refractivity (Wildman–Crippen MR) is 58.6 cm³/mol.